The molecule has 0 rings (SSSR count). The van der Waals surface area contributed by atoms with E-state index in [-0.39, 0.29) is 31.1 Å². The zero-order chi connectivity index (χ0) is 35.9. The number of hydrogen-bond acceptors (Lipinski definition) is 6. The maximum Gasteiger partial charge on any atom is 0.306 e. The van der Waals surface area contributed by atoms with E-state index in [2.05, 4.69) is 20.8 Å². The Morgan fingerprint density at radius 1 is 0.327 bits per heavy atom. The first-order chi connectivity index (χ1) is 24.0. The molecular weight excluding hydrogens is 612 g/mol. The second kappa shape index (κ2) is 39.2. The Hall–Kier alpha value is -1.59. The molecule has 6 heteroatoms. The second-order valence-corrected chi connectivity index (χ2v) is 14.6. The third-order valence-electron chi connectivity index (χ3n) is 9.61. The van der Waals surface area contributed by atoms with Crippen LogP contribution >= 0.6 is 0 Å². The maximum absolute atomic E-state index is 12.5. The van der Waals surface area contributed by atoms with Crippen LogP contribution in [0.1, 0.15) is 239 Å². The summed E-state index contributed by atoms with van der Waals surface area (Å²) in [6, 6.07) is 0. The highest BCUT2D eigenvalue weighted by atomic mass is 16.6. The van der Waals surface area contributed by atoms with E-state index in [1.807, 2.05) is 0 Å². The van der Waals surface area contributed by atoms with Gasteiger partial charge in [0, 0.05) is 19.3 Å². The molecule has 0 bridgehead atoms. The summed E-state index contributed by atoms with van der Waals surface area (Å²) in [6.45, 7) is 6.52. The minimum atomic E-state index is -0.754. The Bertz CT molecular complexity index is 723. The molecule has 0 aliphatic carbocycles. The highest BCUT2D eigenvalue weighted by molar-refractivity contribution is 5.71. The van der Waals surface area contributed by atoms with Crippen molar-refractivity contribution in [3.8, 4) is 0 Å². The summed E-state index contributed by atoms with van der Waals surface area (Å²) in [6.07, 6.45) is 38.5. The Morgan fingerprint density at radius 3 is 0.816 bits per heavy atom. The van der Waals surface area contributed by atoms with Crippen molar-refractivity contribution in [2.75, 3.05) is 13.2 Å². The molecule has 0 amide bonds. The standard InChI is InChI=1S/C43H82O6/c1-4-7-10-13-15-16-17-18-19-20-21-22-23-24-25-26-28-30-33-36-42(45)48-39-40(38-47-41(44)35-32-29-12-9-6-3)49-43(46)37-34-31-27-14-11-8-5-2/h40H,4-39H2,1-3H3/t40-/m1/s1. The third kappa shape index (κ3) is 37.5. The van der Waals surface area contributed by atoms with Gasteiger partial charge in [0.2, 0.25) is 0 Å². The Morgan fingerprint density at radius 2 is 0.551 bits per heavy atom. The van der Waals surface area contributed by atoms with Crippen molar-refractivity contribution in [1.29, 1.82) is 0 Å². The highest BCUT2D eigenvalue weighted by Crippen LogP contribution is 2.16. The normalized spacial score (nSPS) is 11.8. The molecule has 0 spiro atoms. The van der Waals surface area contributed by atoms with Gasteiger partial charge in [0.1, 0.15) is 13.2 Å². The Kier molecular flexibility index (Phi) is 37.9. The minimum Gasteiger partial charge on any atom is -0.462 e. The van der Waals surface area contributed by atoms with Crippen molar-refractivity contribution in [2.24, 2.45) is 0 Å². The average Bonchev–Trinajstić information content (AvgIpc) is 3.09. The zero-order valence-electron chi connectivity index (χ0n) is 33.0. The molecule has 0 aliphatic heterocycles. The Balaban J connectivity index is 4.03. The fourth-order valence-corrected chi connectivity index (χ4v) is 6.32. The van der Waals surface area contributed by atoms with E-state index >= 15 is 0 Å². The first-order valence-corrected chi connectivity index (χ1v) is 21.5. The van der Waals surface area contributed by atoms with Crippen molar-refractivity contribution >= 4 is 17.9 Å². The number of carbonyl (C=O) groups is 3. The van der Waals surface area contributed by atoms with E-state index in [1.165, 1.54) is 135 Å². The molecule has 0 saturated heterocycles. The molecule has 1 atom stereocenters. The number of carbonyl (C=O) groups excluding carboxylic acids is 3. The van der Waals surface area contributed by atoms with Gasteiger partial charge in [-0.05, 0) is 19.3 Å². The van der Waals surface area contributed by atoms with Crippen molar-refractivity contribution in [2.45, 2.75) is 245 Å². The fraction of sp³-hybridized carbons (Fsp3) is 0.930. The topological polar surface area (TPSA) is 78.9 Å². The van der Waals surface area contributed by atoms with Gasteiger partial charge in [0.05, 0.1) is 0 Å². The lowest BCUT2D eigenvalue weighted by Crippen LogP contribution is -2.30. The average molecular weight is 695 g/mol. The quantitative estimate of drug-likeness (QED) is 0.0362. The maximum atomic E-state index is 12.5. The molecule has 0 radical (unpaired) electrons. The molecule has 6 nitrogen and oxygen atoms in total. The second-order valence-electron chi connectivity index (χ2n) is 14.6. The lowest BCUT2D eigenvalue weighted by molar-refractivity contribution is -0.167. The van der Waals surface area contributed by atoms with Crippen LogP contribution in [0.15, 0.2) is 0 Å². The molecule has 0 aromatic heterocycles. The number of unbranched alkanes of at least 4 members (excludes halogenated alkanes) is 28. The number of ether oxygens (including phenoxy) is 3. The minimum absolute atomic E-state index is 0.0650. The zero-order valence-corrected chi connectivity index (χ0v) is 33.0. The predicted octanol–water partition coefficient (Wildman–Crippen LogP) is 13.3. The molecule has 0 aliphatic rings. The molecule has 49 heavy (non-hydrogen) atoms. The van der Waals surface area contributed by atoms with Gasteiger partial charge in [0.25, 0.3) is 0 Å². The van der Waals surface area contributed by atoms with Crippen molar-refractivity contribution in [3.63, 3.8) is 0 Å². The smallest absolute Gasteiger partial charge is 0.306 e. The van der Waals surface area contributed by atoms with Gasteiger partial charge in [-0.2, -0.15) is 0 Å². The van der Waals surface area contributed by atoms with E-state index in [1.54, 1.807) is 0 Å². The van der Waals surface area contributed by atoms with Crippen LogP contribution in [0.4, 0.5) is 0 Å². The van der Waals surface area contributed by atoms with Gasteiger partial charge in [0.15, 0.2) is 6.10 Å². The first-order valence-electron chi connectivity index (χ1n) is 21.5. The van der Waals surface area contributed by atoms with E-state index in [9.17, 15) is 14.4 Å². The summed E-state index contributed by atoms with van der Waals surface area (Å²) >= 11 is 0. The molecule has 0 aromatic carbocycles. The van der Waals surface area contributed by atoms with Crippen molar-refractivity contribution < 1.29 is 28.6 Å². The number of esters is 3. The largest absolute Gasteiger partial charge is 0.462 e. The van der Waals surface area contributed by atoms with E-state index in [0.717, 1.165) is 64.2 Å². The Labute approximate surface area is 304 Å². The molecule has 0 fully saturated rings. The van der Waals surface area contributed by atoms with Gasteiger partial charge in [-0.3, -0.25) is 14.4 Å². The number of hydrogen-bond donors (Lipinski definition) is 0. The molecule has 0 aromatic rings. The molecule has 0 unspecified atom stereocenters. The van der Waals surface area contributed by atoms with E-state index < -0.39 is 6.10 Å². The molecule has 0 saturated carbocycles. The molecule has 290 valence electrons. The van der Waals surface area contributed by atoms with Crippen LogP contribution in [0.5, 0.6) is 0 Å². The summed E-state index contributed by atoms with van der Waals surface area (Å²) < 4.78 is 16.5. The summed E-state index contributed by atoms with van der Waals surface area (Å²) in [4.78, 5) is 37.2. The predicted molar refractivity (Wildman–Crippen MR) is 206 cm³/mol. The van der Waals surface area contributed by atoms with E-state index in [0.29, 0.717) is 19.3 Å². The lowest BCUT2D eigenvalue weighted by Gasteiger charge is -2.18. The SMILES string of the molecule is CCCCCCCCCCCCCCCCCCCCCC(=O)OC[C@@H](COC(=O)CCCCCCC)OC(=O)CCCCCCCCC. The van der Waals surface area contributed by atoms with Gasteiger partial charge in [-0.15, -0.1) is 0 Å². The van der Waals surface area contributed by atoms with Gasteiger partial charge in [-0.25, -0.2) is 0 Å². The summed E-state index contributed by atoms with van der Waals surface area (Å²) in [5, 5.41) is 0. The molecule has 0 N–H and O–H groups in total. The summed E-state index contributed by atoms with van der Waals surface area (Å²) in [5.74, 6) is -0.878. The summed E-state index contributed by atoms with van der Waals surface area (Å²) in [7, 11) is 0. The van der Waals surface area contributed by atoms with Crippen LogP contribution in [-0.2, 0) is 28.6 Å². The van der Waals surface area contributed by atoms with Crippen molar-refractivity contribution in [1.82, 2.24) is 0 Å². The van der Waals surface area contributed by atoms with Gasteiger partial charge >= 0.3 is 17.9 Å². The summed E-state index contributed by atoms with van der Waals surface area (Å²) in [5.41, 5.74) is 0. The lowest BCUT2D eigenvalue weighted by atomic mass is 10.0. The van der Waals surface area contributed by atoms with Crippen molar-refractivity contribution in [3.05, 3.63) is 0 Å². The monoisotopic (exact) mass is 695 g/mol. The van der Waals surface area contributed by atoms with Crippen LogP contribution < -0.4 is 0 Å². The van der Waals surface area contributed by atoms with Crippen LogP contribution in [0.2, 0.25) is 0 Å². The first kappa shape index (κ1) is 47.4. The van der Waals surface area contributed by atoms with Crippen LogP contribution in [0.3, 0.4) is 0 Å². The molecule has 0 heterocycles. The van der Waals surface area contributed by atoms with Crippen LogP contribution in [-0.4, -0.2) is 37.2 Å². The van der Waals surface area contributed by atoms with E-state index in [4.69, 9.17) is 14.2 Å². The van der Waals surface area contributed by atoms with Crippen LogP contribution in [0, 0.1) is 0 Å². The van der Waals surface area contributed by atoms with Crippen LogP contribution in [0.25, 0.3) is 0 Å². The highest BCUT2D eigenvalue weighted by Gasteiger charge is 2.19. The third-order valence-corrected chi connectivity index (χ3v) is 9.61. The molecular formula is C43H82O6. The number of rotatable bonds is 39. The fourth-order valence-electron chi connectivity index (χ4n) is 6.32. The van der Waals surface area contributed by atoms with Gasteiger partial charge in [-0.1, -0.05) is 201 Å². The van der Waals surface area contributed by atoms with Gasteiger partial charge < -0.3 is 14.2 Å².